The molecule has 1 aliphatic heterocycles. The number of nitrogens with one attached hydrogen (secondary N) is 3. The molecular formula is C28H26N4O4. The van der Waals surface area contributed by atoms with E-state index in [0.29, 0.717) is 36.3 Å². The summed E-state index contributed by atoms with van der Waals surface area (Å²) in [5.41, 5.74) is 4.47. The third-order valence-electron chi connectivity index (χ3n) is 5.80. The molecule has 3 aromatic rings. The first-order valence-electron chi connectivity index (χ1n) is 11.4. The zero-order valence-corrected chi connectivity index (χ0v) is 19.5. The molecule has 0 aromatic heterocycles. The molecule has 0 saturated heterocycles. The summed E-state index contributed by atoms with van der Waals surface area (Å²) in [5, 5.41) is 23.0. The van der Waals surface area contributed by atoms with Crippen molar-refractivity contribution in [2.24, 2.45) is 5.84 Å². The molecule has 0 unspecified atom stereocenters. The Hall–Kier alpha value is -4.69. The molecule has 0 spiro atoms. The molecule has 1 heterocycles. The second-order valence-corrected chi connectivity index (χ2v) is 8.12. The van der Waals surface area contributed by atoms with E-state index in [1.807, 2.05) is 48.5 Å². The average Bonchev–Trinajstić information content (AvgIpc) is 2.92. The number of ether oxygens (including phenoxy) is 1. The summed E-state index contributed by atoms with van der Waals surface area (Å²) in [6.07, 6.45) is 6.25. The van der Waals surface area contributed by atoms with Crippen molar-refractivity contribution >= 4 is 34.1 Å². The predicted octanol–water partition coefficient (Wildman–Crippen LogP) is 4.16. The molecule has 6 N–H and O–H groups in total. The molecule has 0 atom stereocenters. The number of dihydropyridines is 1. The lowest BCUT2D eigenvalue weighted by molar-refractivity contribution is -0.129. The van der Waals surface area contributed by atoms with Gasteiger partial charge in [0, 0.05) is 27.9 Å². The summed E-state index contributed by atoms with van der Waals surface area (Å²) < 4.78 is 6.00. The molecule has 3 aromatic carbocycles. The number of aliphatic carboxylic acids is 1. The number of carbonyl (C=O) groups excluding carboxylic acids is 1. The molecule has 8 nitrogen and oxygen atoms in total. The number of allylic oxidation sites excluding steroid dienone is 3. The van der Waals surface area contributed by atoms with E-state index >= 15 is 0 Å². The number of nitrogens with two attached hydrogens (primary N) is 1. The molecule has 8 heteroatoms. The quantitative estimate of drug-likeness (QED) is 0.102. The van der Waals surface area contributed by atoms with Gasteiger partial charge in [0.05, 0.1) is 6.61 Å². The van der Waals surface area contributed by atoms with Crippen LogP contribution >= 0.6 is 0 Å². The SMILES string of the molecule is N=C(C(=O)O)/C(CCCOc1cccc2ccccc12)=C1/C=CC=C(c2ccc(C(=O)NN)cc2)N1. The molecule has 4 rings (SSSR count). The topological polar surface area (TPSA) is 138 Å². The summed E-state index contributed by atoms with van der Waals surface area (Å²) >= 11 is 0. The Kier molecular flexibility index (Phi) is 7.57. The fourth-order valence-electron chi connectivity index (χ4n) is 3.97. The number of carbonyl (C=O) groups is 2. The number of hydrogen-bond donors (Lipinski definition) is 5. The Bertz CT molecular complexity index is 1400. The Morgan fingerprint density at radius 2 is 1.78 bits per heavy atom. The minimum absolute atomic E-state index is 0.339. The van der Waals surface area contributed by atoms with Gasteiger partial charge in [0.2, 0.25) is 0 Å². The fraction of sp³-hybridized carbons (Fsp3) is 0.107. The maximum Gasteiger partial charge on any atom is 0.354 e. The van der Waals surface area contributed by atoms with Crippen LogP contribution in [0.5, 0.6) is 5.75 Å². The molecule has 0 fully saturated rings. The first kappa shape index (κ1) is 24.4. The second-order valence-electron chi connectivity index (χ2n) is 8.12. The van der Waals surface area contributed by atoms with Gasteiger partial charge in [0.15, 0.2) is 0 Å². The predicted molar refractivity (Wildman–Crippen MR) is 139 cm³/mol. The Morgan fingerprint density at radius 1 is 1.03 bits per heavy atom. The lowest BCUT2D eigenvalue weighted by atomic mass is 9.99. The normalized spacial score (nSPS) is 14.0. The van der Waals surface area contributed by atoms with Gasteiger partial charge < -0.3 is 15.2 Å². The highest BCUT2D eigenvalue weighted by molar-refractivity contribution is 6.41. The van der Waals surface area contributed by atoms with Crippen LogP contribution in [-0.4, -0.2) is 29.3 Å². The van der Waals surface area contributed by atoms with Gasteiger partial charge in [-0.3, -0.25) is 15.6 Å². The largest absolute Gasteiger partial charge is 0.493 e. The van der Waals surface area contributed by atoms with Crippen molar-refractivity contribution in [2.75, 3.05) is 6.61 Å². The van der Waals surface area contributed by atoms with Crippen LogP contribution in [0.25, 0.3) is 16.5 Å². The molecule has 0 aliphatic carbocycles. The first-order chi connectivity index (χ1) is 17.5. The van der Waals surface area contributed by atoms with Gasteiger partial charge >= 0.3 is 5.97 Å². The van der Waals surface area contributed by atoms with Gasteiger partial charge in [0.25, 0.3) is 5.91 Å². The Balaban J connectivity index is 1.48. The fourth-order valence-corrected chi connectivity index (χ4v) is 3.97. The summed E-state index contributed by atoms with van der Waals surface area (Å²) in [5.74, 6) is 4.26. The van der Waals surface area contributed by atoms with Crippen molar-refractivity contribution in [3.63, 3.8) is 0 Å². The van der Waals surface area contributed by atoms with E-state index in [2.05, 4.69) is 10.7 Å². The molecule has 182 valence electrons. The molecule has 1 aliphatic rings. The van der Waals surface area contributed by atoms with Crippen molar-refractivity contribution in [2.45, 2.75) is 12.8 Å². The third-order valence-corrected chi connectivity index (χ3v) is 5.80. The number of amides is 1. The maximum atomic E-state index is 11.7. The average molecular weight is 483 g/mol. The smallest absolute Gasteiger partial charge is 0.354 e. The van der Waals surface area contributed by atoms with Crippen LogP contribution in [0.4, 0.5) is 0 Å². The number of hydrazine groups is 1. The van der Waals surface area contributed by atoms with Crippen molar-refractivity contribution in [1.82, 2.24) is 10.7 Å². The number of carboxylic acids is 1. The molecule has 36 heavy (non-hydrogen) atoms. The lowest BCUT2D eigenvalue weighted by Crippen LogP contribution is -2.29. The summed E-state index contributed by atoms with van der Waals surface area (Å²) in [4.78, 5) is 23.3. The summed E-state index contributed by atoms with van der Waals surface area (Å²) in [6, 6.07) is 20.6. The highest BCUT2D eigenvalue weighted by Gasteiger charge is 2.19. The van der Waals surface area contributed by atoms with Crippen LogP contribution < -0.4 is 21.3 Å². The zero-order valence-electron chi connectivity index (χ0n) is 19.5. The van der Waals surface area contributed by atoms with Gasteiger partial charge in [-0.1, -0.05) is 54.6 Å². The van der Waals surface area contributed by atoms with E-state index in [0.717, 1.165) is 27.8 Å². The number of benzene rings is 3. The van der Waals surface area contributed by atoms with Gasteiger partial charge in [-0.05, 0) is 54.1 Å². The van der Waals surface area contributed by atoms with Crippen molar-refractivity contribution < 1.29 is 19.4 Å². The van der Waals surface area contributed by atoms with Crippen molar-refractivity contribution in [3.8, 4) is 5.75 Å². The van der Waals surface area contributed by atoms with Crippen LogP contribution in [0.2, 0.25) is 0 Å². The monoisotopic (exact) mass is 482 g/mol. The summed E-state index contributed by atoms with van der Waals surface area (Å²) in [7, 11) is 0. The highest BCUT2D eigenvalue weighted by Crippen LogP contribution is 2.26. The molecule has 0 bridgehead atoms. The van der Waals surface area contributed by atoms with Gasteiger partial charge in [-0.2, -0.15) is 0 Å². The standard InChI is InChI=1S/C28H26N4O4/c29-26(28(34)35)22(9-5-17-36-25-12-3-7-18-6-1-2-8-21(18)25)24-11-4-10-23(31-24)19-13-15-20(16-14-19)27(33)32-30/h1-4,6-8,10-16,29,31H,5,9,17,30H2,(H,32,33)(H,34,35)/b24-22-,29-26?. The number of hydrogen-bond acceptors (Lipinski definition) is 6. The number of carboxylic acid groups (broad SMARTS) is 1. The van der Waals surface area contributed by atoms with Crippen LogP contribution in [0, 0.1) is 5.41 Å². The second kappa shape index (κ2) is 11.2. The van der Waals surface area contributed by atoms with Crippen LogP contribution in [-0.2, 0) is 4.79 Å². The zero-order chi connectivity index (χ0) is 25.5. The van der Waals surface area contributed by atoms with E-state index in [1.54, 1.807) is 36.4 Å². The maximum absolute atomic E-state index is 11.7. The van der Waals surface area contributed by atoms with E-state index < -0.39 is 17.6 Å². The minimum Gasteiger partial charge on any atom is -0.493 e. The van der Waals surface area contributed by atoms with E-state index in [9.17, 15) is 14.7 Å². The number of rotatable bonds is 9. The molecule has 1 amide bonds. The number of fused-ring (bicyclic) bond motifs is 1. The summed E-state index contributed by atoms with van der Waals surface area (Å²) in [6.45, 7) is 0.370. The van der Waals surface area contributed by atoms with Crippen LogP contribution in [0.3, 0.4) is 0 Å². The minimum atomic E-state index is -1.30. The van der Waals surface area contributed by atoms with Gasteiger partial charge in [-0.25, -0.2) is 10.6 Å². The first-order valence-corrected chi connectivity index (χ1v) is 11.4. The Morgan fingerprint density at radius 3 is 2.53 bits per heavy atom. The van der Waals surface area contributed by atoms with Gasteiger partial charge in [0.1, 0.15) is 11.5 Å². The highest BCUT2D eigenvalue weighted by atomic mass is 16.5. The molecule has 0 radical (unpaired) electrons. The molecular weight excluding hydrogens is 456 g/mol. The molecule has 0 saturated carbocycles. The number of nitrogen functional groups attached to an aromatic ring is 1. The third kappa shape index (κ3) is 5.51. The Labute approximate surface area is 208 Å². The van der Waals surface area contributed by atoms with Gasteiger partial charge in [-0.15, -0.1) is 0 Å². The van der Waals surface area contributed by atoms with E-state index in [1.165, 1.54) is 0 Å². The lowest BCUT2D eigenvalue weighted by Gasteiger charge is -2.19. The van der Waals surface area contributed by atoms with Crippen molar-refractivity contribution in [3.05, 3.63) is 107 Å². The van der Waals surface area contributed by atoms with Crippen molar-refractivity contribution in [1.29, 1.82) is 5.41 Å². The van der Waals surface area contributed by atoms with Crippen LogP contribution in [0.1, 0.15) is 28.8 Å². The van der Waals surface area contributed by atoms with E-state index in [4.69, 9.17) is 16.0 Å². The van der Waals surface area contributed by atoms with E-state index in [-0.39, 0.29) is 0 Å². The van der Waals surface area contributed by atoms with Crippen LogP contribution in [0.15, 0.2) is 96.2 Å².